The van der Waals surface area contributed by atoms with E-state index < -0.39 is 5.92 Å². The second-order valence-corrected chi connectivity index (χ2v) is 5.80. The van der Waals surface area contributed by atoms with Crippen molar-refractivity contribution in [2.45, 2.75) is 6.42 Å². The summed E-state index contributed by atoms with van der Waals surface area (Å²) in [5.74, 6) is 0.581. The predicted octanol–water partition coefficient (Wildman–Crippen LogP) is 2.70. The molecule has 0 saturated carbocycles. The Hall–Kier alpha value is -3.02. The number of benzene rings is 2. The minimum Gasteiger partial charge on any atom is -0.497 e. The molecule has 1 atom stereocenters. The number of methoxy groups -OCH3 is 2. The summed E-state index contributed by atoms with van der Waals surface area (Å²) in [5.41, 5.74) is 1.33. The van der Waals surface area contributed by atoms with E-state index in [1.165, 1.54) is 0 Å². The fourth-order valence-corrected chi connectivity index (χ4v) is 2.89. The standard InChI is InChI=1S/C19H20N2O4/c1-24-15-7-5-6-14(11-15)21-12-13(10-18(21)22)19(23)20-16-8-3-4-9-17(16)25-2/h3-9,11,13H,10,12H2,1-2H3,(H,20,23). The first-order valence-corrected chi connectivity index (χ1v) is 8.00. The molecule has 0 aliphatic carbocycles. The maximum absolute atomic E-state index is 12.6. The average molecular weight is 340 g/mol. The molecule has 2 aromatic rings. The molecule has 1 N–H and O–H groups in total. The number of hydrogen-bond donors (Lipinski definition) is 1. The van der Waals surface area contributed by atoms with E-state index in [2.05, 4.69) is 5.32 Å². The van der Waals surface area contributed by atoms with Crippen molar-refractivity contribution in [3.8, 4) is 11.5 Å². The number of hydrogen-bond acceptors (Lipinski definition) is 4. The van der Waals surface area contributed by atoms with Crippen molar-refractivity contribution >= 4 is 23.2 Å². The molecule has 6 nitrogen and oxygen atoms in total. The van der Waals surface area contributed by atoms with Gasteiger partial charge in [-0.05, 0) is 24.3 Å². The van der Waals surface area contributed by atoms with Crippen LogP contribution < -0.4 is 19.7 Å². The highest BCUT2D eigenvalue weighted by Crippen LogP contribution is 2.29. The second kappa shape index (κ2) is 7.25. The Kier molecular flexibility index (Phi) is 4.88. The molecule has 1 aliphatic rings. The molecule has 1 unspecified atom stereocenters. The summed E-state index contributed by atoms with van der Waals surface area (Å²) in [4.78, 5) is 26.5. The molecular weight excluding hydrogens is 320 g/mol. The summed E-state index contributed by atoms with van der Waals surface area (Å²) in [6.45, 7) is 0.340. The molecule has 1 saturated heterocycles. The lowest BCUT2D eigenvalue weighted by atomic mass is 10.1. The molecule has 0 radical (unpaired) electrons. The molecular formula is C19H20N2O4. The summed E-state index contributed by atoms with van der Waals surface area (Å²) >= 11 is 0. The number of anilines is 2. The minimum absolute atomic E-state index is 0.0755. The number of ether oxygens (including phenoxy) is 2. The molecule has 130 valence electrons. The fraction of sp³-hybridized carbons (Fsp3) is 0.263. The third kappa shape index (κ3) is 3.57. The normalized spacial score (nSPS) is 16.6. The van der Waals surface area contributed by atoms with Crippen LogP contribution in [0.25, 0.3) is 0 Å². The van der Waals surface area contributed by atoms with Gasteiger partial charge in [0.15, 0.2) is 0 Å². The Labute approximate surface area is 146 Å². The van der Waals surface area contributed by atoms with Gasteiger partial charge >= 0.3 is 0 Å². The molecule has 2 aromatic carbocycles. The highest BCUT2D eigenvalue weighted by Gasteiger charge is 2.35. The van der Waals surface area contributed by atoms with Gasteiger partial charge in [-0.2, -0.15) is 0 Å². The van der Waals surface area contributed by atoms with E-state index in [4.69, 9.17) is 9.47 Å². The molecule has 25 heavy (non-hydrogen) atoms. The van der Waals surface area contributed by atoms with Crippen LogP contribution in [0.5, 0.6) is 11.5 Å². The highest BCUT2D eigenvalue weighted by molar-refractivity contribution is 6.04. The van der Waals surface area contributed by atoms with Crippen molar-refractivity contribution in [3.63, 3.8) is 0 Å². The van der Waals surface area contributed by atoms with E-state index in [9.17, 15) is 9.59 Å². The van der Waals surface area contributed by atoms with Crippen LogP contribution >= 0.6 is 0 Å². The first-order chi connectivity index (χ1) is 12.1. The smallest absolute Gasteiger partial charge is 0.229 e. The Morgan fingerprint density at radius 2 is 1.92 bits per heavy atom. The van der Waals surface area contributed by atoms with Gasteiger partial charge in [-0.15, -0.1) is 0 Å². The molecule has 6 heteroatoms. The predicted molar refractivity (Wildman–Crippen MR) is 95.1 cm³/mol. The SMILES string of the molecule is COc1cccc(N2CC(C(=O)Nc3ccccc3OC)CC2=O)c1. The van der Waals surface area contributed by atoms with Gasteiger partial charge in [0.2, 0.25) is 11.8 Å². The van der Waals surface area contributed by atoms with Crippen LogP contribution in [0.15, 0.2) is 48.5 Å². The Morgan fingerprint density at radius 3 is 2.68 bits per heavy atom. The van der Waals surface area contributed by atoms with E-state index in [-0.39, 0.29) is 18.2 Å². The summed E-state index contributed by atoms with van der Waals surface area (Å²) in [6, 6.07) is 14.5. The lowest BCUT2D eigenvalue weighted by molar-refractivity contribution is -0.122. The molecule has 0 aromatic heterocycles. The Bertz CT molecular complexity index is 790. The van der Waals surface area contributed by atoms with Crippen molar-refractivity contribution in [2.24, 2.45) is 5.92 Å². The summed E-state index contributed by atoms with van der Waals surface area (Å²) in [7, 11) is 3.13. The highest BCUT2D eigenvalue weighted by atomic mass is 16.5. The number of amides is 2. The number of carbonyl (C=O) groups is 2. The quantitative estimate of drug-likeness (QED) is 0.909. The van der Waals surface area contributed by atoms with Crippen LogP contribution in [0.2, 0.25) is 0 Å². The lowest BCUT2D eigenvalue weighted by Gasteiger charge is -2.17. The van der Waals surface area contributed by atoms with E-state index in [1.54, 1.807) is 37.3 Å². The number of carbonyl (C=O) groups excluding carboxylic acids is 2. The molecule has 0 spiro atoms. The second-order valence-electron chi connectivity index (χ2n) is 5.80. The van der Waals surface area contributed by atoms with Gasteiger partial charge in [-0.3, -0.25) is 9.59 Å². The van der Waals surface area contributed by atoms with Crippen molar-refractivity contribution in [3.05, 3.63) is 48.5 Å². The van der Waals surface area contributed by atoms with Crippen LogP contribution in [-0.2, 0) is 9.59 Å². The van der Waals surface area contributed by atoms with Gasteiger partial charge in [0.25, 0.3) is 0 Å². The van der Waals surface area contributed by atoms with E-state index >= 15 is 0 Å². The first kappa shape index (κ1) is 16.8. The number of rotatable bonds is 5. The van der Waals surface area contributed by atoms with Crippen LogP contribution in [0.3, 0.4) is 0 Å². The molecule has 1 aliphatic heterocycles. The summed E-state index contributed by atoms with van der Waals surface area (Å²) in [6.07, 6.45) is 0.179. The maximum Gasteiger partial charge on any atom is 0.229 e. The fourth-order valence-electron chi connectivity index (χ4n) is 2.89. The Morgan fingerprint density at radius 1 is 1.12 bits per heavy atom. The zero-order valence-corrected chi connectivity index (χ0v) is 14.2. The van der Waals surface area contributed by atoms with Crippen LogP contribution in [0, 0.1) is 5.92 Å². The third-order valence-corrected chi connectivity index (χ3v) is 4.23. The lowest BCUT2D eigenvalue weighted by Crippen LogP contribution is -2.28. The van der Waals surface area contributed by atoms with Gasteiger partial charge in [-0.25, -0.2) is 0 Å². The minimum atomic E-state index is -0.413. The molecule has 2 amide bonds. The topological polar surface area (TPSA) is 67.9 Å². The molecule has 1 heterocycles. The zero-order valence-electron chi connectivity index (χ0n) is 14.2. The molecule has 1 fully saturated rings. The maximum atomic E-state index is 12.6. The van der Waals surface area contributed by atoms with E-state index in [0.29, 0.717) is 23.7 Å². The van der Waals surface area contributed by atoms with Crippen molar-refractivity contribution in [1.82, 2.24) is 0 Å². The van der Waals surface area contributed by atoms with Gasteiger partial charge < -0.3 is 19.7 Å². The summed E-state index contributed by atoms with van der Waals surface area (Å²) < 4.78 is 10.4. The number of nitrogens with zero attached hydrogens (tertiary/aromatic N) is 1. The van der Waals surface area contributed by atoms with E-state index in [1.807, 2.05) is 30.3 Å². The van der Waals surface area contributed by atoms with Gasteiger partial charge in [-0.1, -0.05) is 18.2 Å². The van der Waals surface area contributed by atoms with Crippen LogP contribution in [0.1, 0.15) is 6.42 Å². The van der Waals surface area contributed by atoms with Crippen molar-refractivity contribution in [1.29, 1.82) is 0 Å². The van der Waals surface area contributed by atoms with Gasteiger partial charge in [0.05, 0.1) is 25.8 Å². The van der Waals surface area contributed by atoms with Gasteiger partial charge in [0, 0.05) is 24.7 Å². The molecule has 3 rings (SSSR count). The van der Waals surface area contributed by atoms with Gasteiger partial charge in [0.1, 0.15) is 11.5 Å². The van der Waals surface area contributed by atoms with Crippen molar-refractivity contribution < 1.29 is 19.1 Å². The van der Waals surface area contributed by atoms with Crippen molar-refractivity contribution in [2.75, 3.05) is 31.0 Å². The summed E-state index contributed by atoms with van der Waals surface area (Å²) in [5, 5.41) is 2.85. The first-order valence-electron chi connectivity index (χ1n) is 8.00. The third-order valence-electron chi connectivity index (χ3n) is 4.23. The largest absolute Gasteiger partial charge is 0.497 e. The zero-order chi connectivity index (χ0) is 17.8. The van der Waals surface area contributed by atoms with Crippen LogP contribution in [-0.4, -0.2) is 32.6 Å². The number of para-hydroxylation sites is 2. The Balaban J connectivity index is 1.72. The number of nitrogens with one attached hydrogen (secondary N) is 1. The average Bonchev–Trinajstić information content (AvgIpc) is 3.04. The molecule has 0 bridgehead atoms. The van der Waals surface area contributed by atoms with E-state index in [0.717, 1.165) is 5.69 Å². The van der Waals surface area contributed by atoms with Crippen LogP contribution in [0.4, 0.5) is 11.4 Å². The monoisotopic (exact) mass is 340 g/mol.